The second-order valence-electron chi connectivity index (χ2n) is 4.56. The van der Waals surface area contributed by atoms with Crippen LogP contribution < -0.4 is 0 Å². The number of ether oxygens (including phenoxy) is 1. The van der Waals surface area contributed by atoms with E-state index in [0.717, 1.165) is 0 Å². The fraction of sp³-hybridized carbons (Fsp3) is 0.500. The third kappa shape index (κ3) is 1.84. The molecule has 2 heterocycles. The largest absolute Gasteiger partial charge is 0.442 e. The van der Waals surface area contributed by atoms with Crippen LogP contribution in [0.25, 0.3) is 0 Å². The Morgan fingerprint density at radius 1 is 1.40 bits per heavy atom. The Labute approximate surface area is 91.8 Å². The van der Waals surface area contributed by atoms with Crippen molar-refractivity contribution < 1.29 is 14.3 Å². The summed E-state index contributed by atoms with van der Waals surface area (Å²) in [6.07, 6.45) is 1.02. The van der Waals surface area contributed by atoms with Crippen molar-refractivity contribution in [1.82, 2.24) is 0 Å². The van der Waals surface area contributed by atoms with Gasteiger partial charge >= 0.3 is 12.1 Å². The van der Waals surface area contributed by atoms with E-state index in [-0.39, 0.29) is 10.7 Å². The molecule has 0 N–H and O–H groups in total. The quantitative estimate of drug-likeness (QED) is 0.468. The summed E-state index contributed by atoms with van der Waals surface area (Å²) < 4.78 is 4.41. The Morgan fingerprint density at radius 2 is 2.07 bits per heavy atom. The fourth-order valence-corrected chi connectivity index (χ4v) is 2.55. The maximum absolute atomic E-state index is 11.4. The van der Waals surface area contributed by atoms with Crippen molar-refractivity contribution in [1.29, 1.82) is 0 Å². The van der Waals surface area contributed by atoms with Gasteiger partial charge in [0.25, 0.3) is 0 Å². The molecule has 0 radical (unpaired) electrons. The second-order valence-corrected chi connectivity index (χ2v) is 5.69. The first kappa shape index (κ1) is 10.4. The maximum atomic E-state index is 11.4. The number of hydrogen-bond acceptors (Lipinski definition) is 4. The molecule has 0 aromatic heterocycles. The summed E-state index contributed by atoms with van der Waals surface area (Å²) in [5.41, 5.74) is 0.459. The van der Waals surface area contributed by atoms with Crippen molar-refractivity contribution in [2.45, 2.75) is 26.0 Å². The fourth-order valence-electron chi connectivity index (χ4n) is 1.35. The minimum Gasteiger partial charge on any atom is -0.371 e. The molecule has 80 valence electrons. The van der Waals surface area contributed by atoms with Crippen LogP contribution in [0.4, 0.5) is 4.79 Å². The Balaban J connectivity index is 2.36. The van der Waals surface area contributed by atoms with Gasteiger partial charge in [-0.25, -0.2) is 9.59 Å². The van der Waals surface area contributed by atoms with Gasteiger partial charge in [-0.1, -0.05) is 38.6 Å². The second kappa shape index (κ2) is 3.20. The van der Waals surface area contributed by atoms with Crippen LogP contribution in [0.2, 0.25) is 0 Å². The van der Waals surface area contributed by atoms with Gasteiger partial charge in [0.1, 0.15) is 5.04 Å². The van der Waals surface area contributed by atoms with E-state index in [9.17, 15) is 9.59 Å². The number of cyclic esters (lactones) is 2. The Bertz CT molecular complexity index is 403. The van der Waals surface area contributed by atoms with Crippen molar-refractivity contribution in [3.05, 3.63) is 11.6 Å². The molecule has 0 saturated carbocycles. The van der Waals surface area contributed by atoms with E-state index in [1.54, 1.807) is 0 Å². The highest BCUT2D eigenvalue weighted by Gasteiger charge is 2.38. The SMILES string of the molecule is CC(C)(C)C1C=C2C(=O)OC(=O)N=C2S1. The van der Waals surface area contributed by atoms with Crippen molar-refractivity contribution in [3.8, 4) is 0 Å². The molecule has 15 heavy (non-hydrogen) atoms. The minimum absolute atomic E-state index is 0.0286. The average molecular weight is 225 g/mol. The van der Waals surface area contributed by atoms with Crippen LogP contribution >= 0.6 is 11.8 Å². The molecule has 5 heteroatoms. The first-order valence-corrected chi connectivity index (χ1v) is 5.49. The topological polar surface area (TPSA) is 55.7 Å². The summed E-state index contributed by atoms with van der Waals surface area (Å²) in [5.74, 6) is -0.579. The van der Waals surface area contributed by atoms with Crippen molar-refractivity contribution in [2.24, 2.45) is 10.4 Å². The zero-order valence-corrected chi connectivity index (χ0v) is 9.55. The van der Waals surface area contributed by atoms with Gasteiger partial charge in [-0.15, -0.1) is 0 Å². The van der Waals surface area contributed by atoms with Crippen LogP contribution in [0, 0.1) is 5.41 Å². The molecule has 0 aromatic carbocycles. The Kier molecular flexibility index (Phi) is 2.22. The van der Waals surface area contributed by atoms with Crippen molar-refractivity contribution in [3.63, 3.8) is 0 Å². The summed E-state index contributed by atoms with van der Waals surface area (Å²) in [6, 6.07) is 0. The van der Waals surface area contributed by atoms with E-state index in [4.69, 9.17) is 0 Å². The molecule has 0 spiro atoms. The first-order chi connectivity index (χ1) is 6.88. The number of thioether (sulfide) groups is 1. The number of rotatable bonds is 0. The van der Waals surface area contributed by atoms with Crippen LogP contribution in [0.1, 0.15) is 20.8 Å². The van der Waals surface area contributed by atoms with Gasteiger partial charge in [0.2, 0.25) is 0 Å². The summed E-state index contributed by atoms with van der Waals surface area (Å²) in [4.78, 5) is 25.9. The van der Waals surface area contributed by atoms with Gasteiger partial charge in [0.05, 0.1) is 5.57 Å². The van der Waals surface area contributed by atoms with Gasteiger partial charge in [-0.05, 0) is 5.41 Å². The lowest BCUT2D eigenvalue weighted by Gasteiger charge is -2.23. The molecule has 0 aromatic rings. The van der Waals surface area contributed by atoms with Crippen LogP contribution in [-0.4, -0.2) is 22.4 Å². The Morgan fingerprint density at radius 3 is 2.67 bits per heavy atom. The molecular weight excluding hydrogens is 214 g/mol. The standard InChI is InChI=1S/C10H11NO3S/c1-10(2,3)6-4-5-7(15-6)11-9(13)14-8(5)12/h4,6H,1-3H3. The summed E-state index contributed by atoms with van der Waals surface area (Å²) in [7, 11) is 0. The van der Waals surface area contributed by atoms with Gasteiger partial charge in [-0.2, -0.15) is 4.99 Å². The predicted molar refractivity (Wildman–Crippen MR) is 57.8 cm³/mol. The summed E-state index contributed by atoms with van der Waals surface area (Å²) in [6.45, 7) is 6.23. The van der Waals surface area contributed by atoms with E-state index in [2.05, 4.69) is 30.5 Å². The number of nitrogens with zero attached hydrogens (tertiary/aromatic N) is 1. The molecule has 2 aliphatic heterocycles. The normalized spacial score (nSPS) is 25.7. The molecular formula is C10H11NO3S. The lowest BCUT2D eigenvalue weighted by atomic mass is 9.91. The molecule has 1 atom stereocenters. The van der Waals surface area contributed by atoms with Crippen molar-refractivity contribution >= 4 is 28.9 Å². The third-order valence-electron chi connectivity index (χ3n) is 2.23. The molecule has 0 saturated heterocycles. The van der Waals surface area contributed by atoms with E-state index in [1.165, 1.54) is 11.8 Å². The number of carbonyl (C=O) groups is 2. The summed E-state index contributed by atoms with van der Waals surface area (Å²) >= 11 is 1.44. The lowest BCUT2D eigenvalue weighted by Crippen LogP contribution is -2.21. The average Bonchev–Trinajstić information content (AvgIpc) is 2.46. The molecule has 4 nitrogen and oxygen atoms in total. The molecule has 1 unspecified atom stereocenters. The first-order valence-electron chi connectivity index (χ1n) is 4.61. The van der Waals surface area contributed by atoms with Crippen LogP contribution in [-0.2, 0) is 9.53 Å². The lowest BCUT2D eigenvalue weighted by molar-refractivity contribution is -0.132. The van der Waals surface area contributed by atoms with Gasteiger partial charge in [0.15, 0.2) is 0 Å². The summed E-state index contributed by atoms with van der Waals surface area (Å²) in [5, 5.41) is 0.654. The highest BCUT2D eigenvalue weighted by Crippen LogP contribution is 2.40. The molecule has 0 bridgehead atoms. The Hall–Kier alpha value is -1.10. The number of esters is 1. The van der Waals surface area contributed by atoms with Crippen LogP contribution in [0.3, 0.4) is 0 Å². The monoisotopic (exact) mass is 225 g/mol. The molecule has 1 amide bonds. The highest BCUT2D eigenvalue weighted by molar-refractivity contribution is 8.15. The van der Waals surface area contributed by atoms with E-state index in [1.807, 2.05) is 6.08 Å². The molecule has 0 aliphatic carbocycles. The minimum atomic E-state index is -0.811. The number of amides is 1. The smallest absolute Gasteiger partial charge is 0.371 e. The zero-order chi connectivity index (χ0) is 11.2. The number of aliphatic imine (C=N–C) groups is 1. The van der Waals surface area contributed by atoms with Crippen molar-refractivity contribution in [2.75, 3.05) is 0 Å². The van der Waals surface area contributed by atoms with Crippen LogP contribution in [0.5, 0.6) is 0 Å². The van der Waals surface area contributed by atoms with E-state index < -0.39 is 12.1 Å². The predicted octanol–water partition coefficient (Wildman–Crippen LogP) is 2.15. The van der Waals surface area contributed by atoms with Gasteiger partial charge in [0, 0.05) is 5.25 Å². The molecule has 2 rings (SSSR count). The number of hydrogen-bond donors (Lipinski definition) is 0. The van der Waals surface area contributed by atoms with E-state index >= 15 is 0 Å². The zero-order valence-electron chi connectivity index (χ0n) is 8.73. The molecule has 2 aliphatic rings. The highest BCUT2D eigenvalue weighted by atomic mass is 32.2. The number of carbonyl (C=O) groups excluding carboxylic acids is 2. The van der Waals surface area contributed by atoms with Gasteiger partial charge < -0.3 is 4.74 Å². The maximum Gasteiger partial charge on any atom is 0.442 e. The van der Waals surface area contributed by atoms with Crippen LogP contribution in [0.15, 0.2) is 16.6 Å². The number of fused-ring (bicyclic) bond motifs is 1. The van der Waals surface area contributed by atoms with E-state index in [0.29, 0.717) is 10.6 Å². The van der Waals surface area contributed by atoms with Gasteiger partial charge in [-0.3, -0.25) is 0 Å². The molecule has 0 fully saturated rings. The third-order valence-corrected chi connectivity index (χ3v) is 3.86.